The predicted octanol–water partition coefficient (Wildman–Crippen LogP) is 34.9. The molecule has 22 rings (SSSR count). The topological polar surface area (TPSA) is 6.48 Å². The molecule has 126 heavy (non-hydrogen) atoms. The minimum absolute atomic E-state index is 1.02. The first kappa shape index (κ1) is 75.7. The van der Waals surface area contributed by atoms with Crippen LogP contribution in [0.25, 0.3) is 188 Å². The van der Waals surface area contributed by atoms with Gasteiger partial charge in [-0.1, -0.05) is 364 Å². The lowest BCUT2D eigenvalue weighted by Crippen LogP contribution is -2.12. The van der Waals surface area contributed by atoms with Crippen LogP contribution in [-0.4, -0.2) is 0 Å². The highest BCUT2D eigenvalue weighted by molar-refractivity contribution is 6.28. The lowest BCUT2D eigenvalue weighted by Gasteiger charge is -2.30. The Balaban J connectivity index is 0.768. The third kappa shape index (κ3) is 15.2. The van der Waals surface area contributed by atoms with Crippen molar-refractivity contribution in [3.63, 3.8) is 0 Å². The van der Waals surface area contributed by atoms with Crippen molar-refractivity contribution in [2.75, 3.05) is 9.80 Å². The van der Waals surface area contributed by atoms with Crippen molar-refractivity contribution in [3.05, 3.63) is 510 Å². The van der Waals surface area contributed by atoms with Gasteiger partial charge in [0.15, 0.2) is 0 Å². The molecular weight excluding hydrogens is 1520 g/mol. The molecule has 0 radical (unpaired) electrons. The Morgan fingerprint density at radius 1 is 0.103 bits per heavy atom. The van der Waals surface area contributed by atoms with Gasteiger partial charge in [-0.25, -0.2) is 0 Å². The quantitative estimate of drug-likeness (QED) is 0.0702. The van der Waals surface area contributed by atoms with Gasteiger partial charge >= 0.3 is 0 Å². The molecule has 2 nitrogen and oxygen atoms in total. The van der Waals surface area contributed by atoms with E-state index in [0.717, 1.165) is 167 Å². The smallest absolute Gasteiger partial charge is 0.0540 e. The maximum Gasteiger partial charge on any atom is 0.0540 e. The average molecular weight is 1600 g/mol. The van der Waals surface area contributed by atoms with Gasteiger partial charge < -0.3 is 9.80 Å². The zero-order chi connectivity index (χ0) is 83.6. The second-order valence-corrected chi connectivity index (χ2v) is 32.7. The average Bonchev–Trinajstić information content (AvgIpc) is 0.716. The summed E-state index contributed by atoms with van der Waals surface area (Å²) in [4.78, 5) is 5.06. The van der Waals surface area contributed by atoms with Crippen molar-refractivity contribution in [1.29, 1.82) is 0 Å². The van der Waals surface area contributed by atoms with E-state index in [9.17, 15) is 0 Å². The molecule has 0 unspecified atom stereocenters. The Kier molecular flexibility index (Phi) is 20.1. The van der Waals surface area contributed by atoms with Crippen molar-refractivity contribution in [3.8, 4) is 156 Å². The Labute approximate surface area is 736 Å². The van der Waals surface area contributed by atoms with Crippen LogP contribution in [0, 0.1) is 0 Å². The van der Waals surface area contributed by atoms with Crippen molar-refractivity contribution in [2.24, 2.45) is 0 Å². The number of anilines is 6. The molecule has 0 aromatic heterocycles. The molecule has 22 aromatic rings. The summed E-state index contributed by atoms with van der Waals surface area (Å²) >= 11 is 0. The summed E-state index contributed by atoms with van der Waals surface area (Å²) in [6, 6.07) is 188. The van der Waals surface area contributed by atoms with Crippen LogP contribution in [-0.2, 0) is 0 Å². The van der Waals surface area contributed by atoms with E-state index in [1.54, 1.807) is 0 Å². The van der Waals surface area contributed by atoms with Gasteiger partial charge in [-0.3, -0.25) is 0 Å². The van der Waals surface area contributed by atoms with Crippen LogP contribution in [0.5, 0.6) is 0 Å². The van der Waals surface area contributed by atoms with E-state index in [-0.39, 0.29) is 0 Å². The summed E-state index contributed by atoms with van der Waals surface area (Å²) < 4.78 is 0. The SMILES string of the molecule is c1ccc(-c2cc(-c3ccccc3)cc(-c3ccc(N(c4cc(-c5ccccc5)cc(-c5cc(-c6ccccc6)cc(-c6ccccc6)c5)c4)c4ccc5ccc6c(N(c7ccc(-c8cc(-c9ccccc9)cc(-c9ccccc9)c8)cc7)c7cc(-c8ccccc8)cc(-c8cc(-c9ccccc9)cc(-c9ccccc9)c8)c7)ccc7ccc4c5c76)cc3)c2)cc1. The predicted molar refractivity (Wildman–Crippen MR) is 536 cm³/mol. The molecule has 0 bridgehead atoms. The summed E-state index contributed by atoms with van der Waals surface area (Å²) in [6.45, 7) is 0. The summed E-state index contributed by atoms with van der Waals surface area (Å²) in [6.07, 6.45) is 0. The Hall–Kier alpha value is -16.5. The van der Waals surface area contributed by atoms with Crippen LogP contribution >= 0.6 is 0 Å². The molecule has 0 aliphatic heterocycles. The first-order chi connectivity index (χ1) is 62.4. The van der Waals surface area contributed by atoms with E-state index >= 15 is 0 Å². The number of rotatable bonds is 20. The summed E-state index contributed by atoms with van der Waals surface area (Å²) in [7, 11) is 0. The summed E-state index contributed by atoms with van der Waals surface area (Å²) in [5.74, 6) is 0. The number of hydrogen-bond acceptors (Lipinski definition) is 2. The zero-order valence-corrected chi connectivity index (χ0v) is 69.4. The van der Waals surface area contributed by atoms with Gasteiger partial charge in [-0.2, -0.15) is 0 Å². The molecule has 0 amide bonds. The highest BCUT2D eigenvalue weighted by Gasteiger charge is 2.26. The fourth-order valence-electron chi connectivity index (χ4n) is 18.6. The molecule has 0 fully saturated rings. The first-order valence-corrected chi connectivity index (χ1v) is 43.4. The van der Waals surface area contributed by atoms with Crippen molar-refractivity contribution in [1.82, 2.24) is 0 Å². The second kappa shape index (κ2) is 33.5. The molecule has 590 valence electrons. The van der Waals surface area contributed by atoms with Crippen molar-refractivity contribution in [2.45, 2.75) is 0 Å². The van der Waals surface area contributed by atoms with Crippen molar-refractivity contribution >= 4 is 66.4 Å². The van der Waals surface area contributed by atoms with Crippen LogP contribution in [0.4, 0.5) is 34.1 Å². The van der Waals surface area contributed by atoms with Crippen molar-refractivity contribution < 1.29 is 0 Å². The van der Waals surface area contributed by atoms with E-state index < -0.39 is 0 Å². The van der Waals surface area contributed by atoms with Crippen LogP contribution in [0.2, 0.25) is 0 Å². The number of hydrogen-bond donors (Lipinski definition) is 0. The number of benzene rings is 22. The molecule has 0 saturated heterocycles. The fraction of sp³-hybridized carbons (Fsp3) is 0. The van der Waals surface area contributed by atoms with Gasteiger partial charge in [0.25, 0.3) is 0 Å². The molecule has 0 aliphatic rings. The molecule has 0 N–H and O–H groups in total. The maximum atomic E-state index is 2.53. The normalized spacial score (nSPS) is 11.3. The van der Waals surface area contributed by atoms with E-state index in [1.165, 1.54) is 55.3 Å². The largest absolute Gasteiger partial charge is 0.310 e. The minimum atomic E-state index is 1.02. The van der Waals surface area contributed by atoms with Gasteiger partial charge in [0.1, 0.15) is 0 Å². The van der Waals surface area contributed by atoms with Gasteiger partial charge in [0.05, 0.1) is 11.4 Å². The Morgan fingerprint density at radius 2 is 0.254 bits per heavy atom. The molecule has 0 spiro atoms. The first-order valence-electron chi connectivity index (χ1n) is 43.4. The van der Waals surface area contributed by atoms with Gasteiger partial charge in [0.2, 0.25) is 0 Å². The zero-order valence-electron chi connectivity index (χ0n) is 69.4. The minimum Gasteiger partial charge on any atom is -0.310 e. The molecule has 0 aliphatic carbocycles. The fourth-order valence-corrected chi connectivity index (χ4v) is 18.6. The molecule has 0 heterocycles. The van der Waals surface area contributed by atoms with Crippen LogP contribution < -0.4 is 9.80 Å². The molecule has 0 atom stereocenters. The molecular formula is C124H84N2. The van der Waals surface area contributed by atoms with Crippen LogP contribution in [0.15, 0.2) is 510 Å². The highest BCUT2D eigenvalue weighted by atomic mass is 15.2. The molecule has 2 heteroatoms. The highest BCUT2D eigenvalue weighted by Crippen LogP contribution is 2.52. The van der Waals surface area contributed by atoms with E-state index in [0.29, 0.717) is 0 Å². The second-order valence-electron chi connectivity index (χ2n) is 32.7. The van der Waals surface area contributed by atoms with Crippen LogP contribution in [0.3, 0.4) is 0 Å². The lowest BCUT2D eigenvalue weighted by atomic mass is 9.90. The third-order valence-electron chi connectivity index (χ3n) is 24.8. The number of nitrogens with zero attached hydrogens (tertiary/aromatic N) is 2. The third-order valence-corrected chi connectivity index (χ3v) is 24.8. The standard InChI is InChI=1S/C124H84N2/c1-11-31-85(32-12-1)99-67-100(86-33-13-2-14-34-86)72-107(71-99)95-51-59-115(60-52-95)125(117-81-111(93-47-27-9-28-48-93)79-113(83-117)109-75-103(89-39-19-5-20-40-89)69-104(76-109)90-41-21-6-22-42-90)121-65-57-97-56-64-120-122(66-58-98-55-63-119(121)123(97)124(98)120)126(116-61-53-96(54-62-116)108-73-101(87-35-15-3-16-36-87)68-102(74-108)88-37-17-4-18-38-88)118-82-112(94-49-29-10-30-50-94)80-114(84-118)110-77-105(91-43-23-7-24-44-91)70-106(78-110)92-45-25-8-26-46-92/h1-84H. The molecule has 0 saturated carbocycles. The van der Waals surface area contributed by atoms with Gasteiger partial charge in [-0.15, -0.1) is 0 Å². The van der Waals surface area contributed by atoms with Gasteiger partial charge in [-0.05, 0) is 323 Å². The van der Waals surface area contributed by atoms with E-state index in [2.05, 4.69) is 519 Å². The lowest BCUT2D eigenvalue weighted by molar-refractivity contribution is 1.30. The molecule has 22 aromatic carbocycles. The van der Waals surface area contributed by atoms with Gasteiger partial charge in [0, 0.05) is 33.5 Å². The summed E-state index contributed by atoms with van der Waals surface area (Å²) in [5.41, 5.74) is 38.2. The van der Waals surface area contributed by atoms with E-state index in [1.807, 2.05) is 0 Å². The monoisotopic (exact) mass is 1600 g/mol. The van der Waals surface area contributed by atoms with E-state index in [4.69, 9.17) is 0 Å². The Morgan fingerprint density at radius 3 is 0.444 bits per heavy atom. The maximum absolute atomic E-state index is 2.53. The Bertz CT molecular complexity index is 6970. The summed E-state index contributed by atoms with van der Waals surface area (Å²) in [5, 5.41) is 6.94. The van der Waals surface area contributed by atoms with Crippen LogP contribution in [0.1, 0.15) is 0 Å².